The van der Waals surface area contributed by atoms with E-state index < -0.39 is 5.97 Å². The first-order valence-corrected chi connectivity index (χ1v) is 6.92. The van der Waals surface area contributed by atoms with Crippen LogP contribution in [-0.4, -0.2) is 28.5 Å². The summed E-state index contributed by atoms with van der Waals surface area (Å²) in [7, 11) is 0. The minimum Gasteiger partial charge on any atom is -0.481 e. The van der Waals surface area contributed by atoms with E-state index in [9.17, 15) is 9.59 Å². The average Bonchev–Trinajstić information content (AvgIpc) is 2.97. The molecule has 0 spiro atoms. The van der Waals surface area contributed by atoms with Crippen LogP contribution in [0.4, 0.5) is 0 Å². The minimum absolute atomic E-state index is 0.0836. The summed E-state index contributed by atoms with van der Waals surface area (Å²) in [5, 5.41) is 13.5. The van der Waals surface area contributed by atoms with E-state index in [1.807, 2.05) is 19.1 Å². The van der Waals surface area contributed by atoms with Gasteiger partial charge in [0.2, 0.25) is 5.91 Å². The third-order valence-electron chi connectivity index (χ3n) is 2.51. The summed E-state index contributed by atoms with van der Waals surface area (Å²) in [5.74, 6) is 0.321. The number of furan rings is 1. The van der Waals surface area contributed by atoms with Crippen LogP contribution in [0.25, 0.3) is 10.8 Å². The summed E-state index contributed by atoms with van der Waals surface area (Å²) in [6, 6.07) is 3.69. The number of nitrogens with one attached hydrogen (secondary N) is 1. The van der Waals surface area contributed by atoms with Crippen LogP contribution in [0.15, 0.2) is 21.9 Å². The molecule has 0 saturated heterocycles. The number of aryl methyl sites for hydroxylation is 1. The number of carboxylic acid groups (broad SMARTS) is 1. The van der Waals surface area contributed by atoms with Gasteiger partial charge in [0.25, 0.3) is 0 Å². The quantitative estimate of drug-likeness (QED) is 0.848. The number of amides is 1. The van der Waals surface area contributed by atoms with Gasteiger partial charge in [-0.15, -0.1) is 11.3 Å². The number of thiazole rings is 1. The first kappa shape index (κ1) is 14.3. The lowest BCUT2D eigenvalue weighted by molar-refractivity contribution is -0.136. The van der Waals surface area contributed by atoms with Gasteiger partial charge in [0.05, 0.1) is 18.5 Å². The molecule has 20 heavy (non-hydrogen) atoms. The van der Waals surface area contributed by atoms with Crippen molar-refractivity contribution in [3.05, 3.63) is 29.0 Å². The number of aliphatic carboxylic acids is 1. The molecule has 0 atom stereocenters. The van der Waals surface area contributed by atoms with Crippen LogP contribution in [0.2, 0.25) is 0 Å². The molecule has 1 amide bonds. The summed E-state index contributed by atoms with van der Waals surface area (Å²) >= 11 is 1.41. The van der Waals surface area contributed by atoms with E-state index in [2.05, 4.69) is 10.3 Å². The predicted octanol–water partition coefficient (Wildman–Crippen LogP) is 1.84. The molecule has 0 fully saturated rings. The van der Waals surface area contributed by atoms with E-state index in [-0.39, 0.29) is 25.3 Å². The van der Waals surface area contributed by atoms with Crippen LogP contribution in [0.1, 0.15) is 17.9 Å². The number of carbonyl (C=O) groups excluding carboxylic acids is 1. The molecule has 0 aliphatic rings. The van der Waals surface area contributed by atoms with E-state index >= 15 is 0 Å². The molecular weight excluding hydrogens is 280 g/mol. The fourth-order valence-electron chi connectivity index (χ4n) is 1.59. The molecular formula is C13H14N2O4S. The molecule has 0 unspecified atom stereocenters. The van der Waals surface area contributed by atoms with Gasteiger partial charge in [-0.2, -0.15) is 0 Å². The van der Waals surface area contributed by atoms with E-state index in [1.54, 1.807) is 5.38 Å². The van der Waals surface area contributed by atoms with E-state index in [4.69, 9.17) is 9.52 Å². The van der Waals surface area contributed by atoms with Crippen LogP contribution >= 0.6 is 11.3 Å². The van der Waals surface area contributed by atoms with Crippen molar-refractivity contribution in [1.82, 2.24) is 10.3 Å². The molecule has 2 aromatic heterocycles. The van der Waals surface area contributed by atoms with Gasteiger partial charge in [-0.05, 0) is 19.1 Å². The van der Waals surface area contributed by atoms with Gasteiger partial charge < -0.3 is 14.8 Å². The normalized spacial score (nSPS) is 10.4. The first-order valence-electron chi connectivity index (χ1n) is 6.04. The number of aromatic nitrogens is 1. The van der Waals surface area contributed by atoms with Crippen LogP contribution in [0.5, 0.6) is 0 Å². The second kappa shape index (κ2) is 6.33. The topological polar surface area (TPSA) is 92.4 Å². The Kier molecular flexibility index (Phi) is 4.52. The van der Waals surface area contributed by atoms with Crippen molar-refractivity contribution >= 4 is 23.2 Å². The average molecular weight is 294 g/mol. The highest BCUT2D eigenvalue weighted by atomic mass is 32.1. The van der Waals surface area contributed by atoms with E-state index in [0.717, 1.165) is 10.8 Å². The van der Waals surface area contributed by atoms with Gasteiger partial charge in [-0.25, -0.2) is 4.98 Å². The van der Waals surface area contributed by atoms with Crippen molar-refractivity contribution in [3.8, 4) is 10.8 Å². The molecule has 2 aromatic rings. The van der Waals surface area contributed by atoms with Gasteiger partial charge in [0, 0.05) is 11.9 Å². The highest BCUT2D eigenvalue weighted by molar-refractivity contribution is 7.13. The van der Waals surface area contributed by atoms with Crippen molar-refractivity contribution in [2.45, 2.75) is 19.8 Å². The van der Waals surface area contributed by atoms with Crippen molar-refractivity contribution in [3.63, 3.8) is 0 Å². The maximum Gasteiger partial charge on any atom is 0.305 e. The molecule has 0 radical (unpaired) electrons. The lowest BCUT2D eigenvalue weighted by Crippen LogP contribution is -2.27. The Balaban J connectivity index is 1.89. The second-order valence-corrected chi connectivity index (χ2v) is 5.08. The summed E-state index contributed by atoms with van der Waals surface area (Å²) in [5.41, 5.74) is 0.645. The number of nitrogens with zero attached hydrogens (tertiary/aromatic N) is 1. The lowest BCUT2D eigenvalue weighted by atomic mass is 10.3. The summed E-state index contributed by atoms with van der Waals surface area (Å²) in [6.45, 7) is 1.98. The Morgan fingerprint density at radius 2 is 2.25 bits per heavy atom. The maximum atomic E-state index is 11.6. The number of hydrogen-bond acceptors (Lipinski definition) is 5. The van der Waals surface area contributed by atoms with E-state index in [1.165, 1.54) is 11.3 Å². The molecule has 7 heteroatoms. The van der Waals surface area contributed by atoms with Crippen molar-refractivity contribution in [2.75, 3.05) is 6.54 Å². The Morgan fingerprint density at radius 1 is 1.45 bits per heavy atom. The molecule has 0 bridgehead atoms. The SMILES string of the molecule is Cc1ccc(-c2nc(CC(=O)NCCC(=O)O)cs2)o1. The molecule has 0 aliphatic heterocycles. The van der Waals surface area contributed by atoms with Gasteiger partial charge in [0.1, 0.15) is 5.76 Å². The third kappa shape index (κ3) is 3.92. The standard InChI is InChI=1S/C13H14N2O4S/c1-8-2-3-10(19-8)13-15-9(7-20-13)6-11(16)14-5-4-12(17)18/h2-3,7H,4-6H2,1H3,(H,14,16)(H,17,18). The third-order valence-corrected chi connectivity index (χ3v) is 3.41. The zero-order chi connectivity index (χ0) is 14.5. The minimum atomic E-state index is -0.936. The summed E-state index contributed by atoms with van der Waals surface area (Å²) in [4.78, 5) is 26.2. The Bertz CT molecular complexity index is 617. The molecule has 6 nitrogen and oxygen atoms in total. The number of carbonyl (C=O) groups is 2. The van der Waals surface area contributed by atoms with Gasteiger partial charge in [-0.3, -0.25) is 9.59 Å². The van der Waals surface area contributed by atoms with Crippen molar-refractivity contribution in [1.29, 1.82) is 0 Å². The first-order chi connectivity index (χ1) is 9.54. The molecule has 106 valence electrons. The zero-order valence-corrected chi connectivity index (χ0v) is 11.7. The van der Waals surface area contributed by atoms with Gasteiger partial charge in [0.15, 0.2) is 10.8 Å². The van der Waals surface area contributed by atoms with Crippen LogP contribution in [-0.2, 0) is 16.0 Å². The summed E-state index contributed by atoms with van der Waals surface area (Å²) < 4.78 is 5.46. The smallest absolute Gasteiger partial charge is 0.305 e. The number of carboxylic acids is 1. The van der Waals surface area contributed by atoms with Crippen molar-refractivity contribution in [2.24, 2.45) is 0 Å². The molecule has 2 heterocycles. The highest BCUT2D eigenvalue weighted by Gasteiger charge is 2.11. The predicted molar refractivity (Wildman–Crippen MR) is 73.5 cm³/mol. The number of rotatable bonds is 6. The van der Waals surface area contributed by atoms with Crippen LogP contribution in [0.3, 0.4) is 0 Å². The second-order valence-electron chi connectivity index (χ2n) is 4.22. The van der Waals surface area contributed by atoms with Gasteiger partial charge in [-0.1, -0.05) is 0 Å². The van der Waals surface area contributed by atoms with Gasteiger partial charge >= 0.3 is 5.97 Å². The molecule has 2 N–H and O–H groups in total. The van der Waals surface area contributed by atoms with Crippen molar-refractivity contribution < 1.29 is 19.1 Å². The lowest BCUT2D eigenvalue weighted by Gasteiger charge is -2.00. The number of hydrogen-bond donors (Lipinski definition) is 2. The molecule has 0 saturated carbocycles. The van der Waals surface area contributed by atoms with Crippen LogP contribution < -0.4 is 5.32 Å². The Morgan fingerprint density at radius 3 is 2.90 bits per heavy atom. The maximum absolute atomic E-state index is 11.6. The monoisotopic (exact) mass is 294 g/mol. The Hall–Kier alpha value is -2.15. The molecule has 2 rings (SSSR count). The fourth-order valence-corrected chi connectivity index (χ4v) is 2.37. The van der Waals surface area contributed by atoms with E-state index in [0.29, 0.717) is 11.5 Å². The largest absolute Gasteiger partial charge is 0.481 e. The zero-order valence-electron chi connectivity index (χ0n) is 10.9. The Labute approximate surface area is 119 Å². The highest BCUT2D eigenvalue weighted by Crippen LogP contribution is 2.25. The molecule has 0 aromatic carbocycles. The summed E-state index contributed by atoms with van der Waals surface area (Å²) in [6.07, 6.45) is 0.0511. The molecule has 0 aliphatic carbocycles. The fraction of sp³-hybridized carbons (Fsp3) is 0.308. The van der Waals surface area contributed by atoms with Crippen LogP contribution in [0, 0.1) is 6.92 Å².